The maximum Gasteiger partial charge on any atom is 0.303 e. The molecule has 5 nitrogen and oxygen atoms in total. The zero-order chi connectivity index (χ0) is 19.6. The number of allylic oxidation sites excluding steroid dienone is 3. The summed E-state index contributed by atoms with van der Waals surface area (Å²) in [5.41, 5.74) is 1.02. The number of ketones is 1. The predicted octanol–water partition coefficient (Wildman–Crippen LogP) is 2.91. The summed E-state index contributed by atoms with van der Waals surface area (Å²) in [5.74, 6) is -1.41. The van der Waals surface area contributed by atoms with Crippen LogP contribution in [-0.2, 0) is 16.0 Å². The largest absolute Gasteiger partial charge is 0.481 e. The number of rotatable bonds is 10. The van der Waals surface area contributed by atoms with Crippen molar-refractivity contribution < 1.29 is 24.9 Å². The lowest BCUT2D eigenvalue weighted by atomic mass is 9.90. The Balaban J connectivity index is 1.87. The molecule has 5 heteroatoms. The number of hydrogen-bond acceptors (Lipinski definition) is 4. The zero-order valence-corrected chi connectivity index (χ0v) is 15.4. The molecule has 0 unspecified atom stereocenters. The van der Waals surface area contributed by atoms with E-state index in [1.807, 2.05) is 42.5 Å². The summed E-state index contributed by atoms with van der Waals surface area (Å²) in [6, 6.07) is 9.64. The van der Waals surface area contributed by atoms with Crippen LogP contribution in [0.3, 0.4) is 0 Å². The van der Waals surface area contributed by atoms with Gasteiger partial charge in [0.25, 0.3) is 0 Å². The number of aliphatic hydroxyl groups is 2. The number of hydrogen-bond donors (Lipinski definition) is 3. The van der Waals surface area contributed by atoms with Gasteiger partial charge in [-0.05, 0) is 24.8 Å². The molecule has 0 amide bonds. The summed E-state index contributed by atoms with van der Waals surface area (Å²) in [4.78, 5) is 22.7. The van der Waals surface area contributed by atoms with Crippen molar-refractivity contribution in [2.45, 2.75) is 50.7 Å². The van der Waals surface area contributed by atoms with Gasteiger partial charge in [0.05, 0.1) is 12.2 Å². The highest BCUT2D eigenvalue weighted by Gasteiger charge is 2.39. The first kappa shape index (κ1) is 21.1. The summed E-state index contributed by atoms with van der Waals surface area (Å²) in [7, 11) is 0. The van der Waals surface area contributed by atoms with Crippen LogP contribution in [0.1, 0.15) is 37.7 Å². The first-order valence-electron chi connectivity index (χ1n) is 9.45. The number of carbonyl (C=O) groups is 2. The van der Waals surface area contributed by atoms with Gasteiger partial charge in [0.2, 0.25) is 0 Å². The number of carboxylic acid groups (broad SMARTS) is 1. The summed E-state index contributed by atoms with van der Waals surface area (Å²) in [6.45, 7) is 0. The van der Waals surface area contributed by atoms with Gasteiger partial charge >= 0.3 is 5.97 Å². The van der Waals surface area contributed by atoms with Gasteiger partial charge in [-0.2, -0.15) is 0 Å². The average Bonchev–Trinajstić information content (AvgIpc) is 2.89. The van der Waals surface area contributed by atoms with E-state index in [0.717, 1.165) is 5.56 Å². The minimum atomic E-state index is -0.806. The highest BCUT2D eigenvalue weighted by atomic mass is 16.4. The first-order chi connectivity index (χ1) is 13.0. The zero-order valence-electron chi connectivity index (χ0n) is 15.4. The van der Waals surface area contributed by atoms with Gasteiger partial charge in [-0.1, -0.05) is 54.6 Å². The van der Waals surface area contributed by atoms with E-state index in [0.29, 0.717) is 25.7 Å². The fraction of sp³-hybridized carbons (Fsp3) is 0.455. The molecule has 1 aliphatic rings. The normalized spacial score (nSPS) is 24.1. The molecular formula is C22H28O5. The molecule has 1 aromatic rings. The molecule has 2 rings (SSSR count). The van der Waals surface area contributed by atoms with E-state index in [2.05, 4.69) is 0 Å². The van der Waals surface area contributed by atoms with Crippen LogP contribution < -0.4 is 0 Å². The minimum Gasteiger partial charge on any atom is -0.481 e. The van der Waals surface area contributed by atoms with Crippen LogP contribution in [0.2, 0.25) is 0 Å². The Labute approximate surface area is 160 Å². The summed E-state index contributed by atoms with van der Waals surface area (Å²) < 4.78 is 0. The van der Waals surface area contributed by atoms with E-state index < -0.39 is 24.1 Å². The third-order valence-corrected chi connectivity index (χ3v) is 4.90. The standard InChI is InChI=1S/C22H28O5/c23-17(14-16-8-4-3-5-9-16)12-13-19-18(20(24)15-21(19)25)10-6-1-2-7-11-22(26)27/h1,3-6,8-9,12-13,17-20,23-24H,2,7,10-11,14-15H2,(H,26,27)/b6-1-,13-12+/t17-,18-,19-,20+/m1/s1. The van der Waals surface area contributed by atoms with Gasteiger partial charge in [-0.25, -0.2) is 0 Å². The topological polar surface area (TPSA) is 94.8 Å². The molecule has 0 saturated heterocycles. The van der Waals surface area contributed by atoms with E-state index in [9.17, 15) is 19.8 Å². The molecule has 0 aliphatic heterocycles. The second-order valence-corrected chi connectivity index (χ2v) is 7.06. The number of Topliss-reactive ketones (excluding diaryl/α,β-unsaturated/α-hetero) is 1. The van der Waals surface area contributed by atoms with Crippen LogP contribution in [0.25, 0.3) is 0 Å². The molecule has 1 fully saturated rings. The molecular weight excluding hydrogens is 344 g/mol. The quantitative estimate of drug-likeness (QED) is 0.434. The molecule has 0 bridgehead atoms. The van der Waals surface area contributed by atoms with Gasteiger partial charge in [0.15, 0.2) is 0 Å². The molecule has 4 atom stereocenters. The van der Waals surface area contributed by atoms with Crippen molar-refractivity contribution in [2.24, 2.45) is 11.8 Å². The number of carboxylic acids is 1. The summed E-state index contributed by atoms with van der Waals surface area (Å²) in [5, 5.41) is 29.0. The minimum absolute atomic E-state index is 0.00469. The second-order valence-electron chi connectivity index (χ2n) is 7.06. The molecule has 1 aliphatic carbocycles. The average molecular weight is 372 g/mol. The molecule has 27 heavy (non-hydrogen) atoms. The monoisotopic (exact) mass is 372 g/mol. The van der Waals surface area contributed by atoms with Crippen LogP contribution in [-0.4, -0.2) is 39.3 Å². The van der Waals surface area contributed by atoms with E-state index in [4.69, 9.17) is 5.11 Å². The molecule has 1 saturated carbocycles. The molecule has 0 spiro atoms. The number of carbonyl (C=O) groups excluding carboxylic acids is 1. The molecule has 0 radical (unpaired) electrons. The number of aliphatic hydroxyl groups excluding tert-OH is 2. The third kappa shape index (κ3) is 7.12. The van der Waals surface area contributed by atoms with Gasteiger partial charge < -0.3 is 15.3 Å². The van der Waals surface area contributed by atoms with Crippen molar-refractivity contribution in [2.75, 3.05) is 0 Å². The van der Waals surface area contributed by atoms with Gasteiger partial charge in [-0.3, -0.25) is 9.59 Å². The van der Waals surface area contributed by atoms with Gasteiger partial charge in [0.1, 0.15) is 5.78 Å². The second kappa shape index (κ2) is 10.8. The van der Waals surface area contributed by atoms with Crippen molar-refractivity contribution >= 4 is 11.8 Å². The SMILES string of the molecule is O=C(O)CCC/C=C\C[C@H]1[C@@H](O)CC(=O)[C@@H]1/C=C/[C@@H](O)Cc1ccccc1. The summed E-state index contributed by atoms with van der Waals surface area (Å²) in [6.07, 6.45) is 8.41. The van der Waals surface area contributed by atoms with Crippen LogP contribution >= 0.6 is 0 Å². The maximum absolute atomic E-state index is 12.2. The molecule has 1 aromatic carbocycles. The lowest BCUT2D eigenvalue weighted by Gasteiger charge is -2.17. The van der Waals surface area contributed by atoms with E-state index >= 15 is 0 Å². The van der Waals surface area contributed by atoms with Gasteiger partial charge in [0, 0.05) is 31.1 Å². The van der Waals surface area contributed by atoms with Crippen LogP contribution in [0.4, 0.5) is 0 Å². The number of aliphatic carboxylic acids is 1. The highest BCUT2D eigenvalue weighted by molar-refractivity contribution is 5.86. The predicted molar refractivity (Wildman–Crippen MR) is 103 cm³/mol. The van der Waals surface area contributed by atoms with Crippen molar-refractivity contribution in [3.8, 4) is 0 Å². The van der Waals surface area contributed by atoms with E-state index in [1.54, 1.807) is 12.2 Å². The van der Waals surface area contributed by atoms with Crippen LogP contribution in [0.15, 0.2) is 54.6 Å². The van der Waals surface area contributed by atoms with Crippen LogP contribution in [0.5, 0.6) is 0 Å². The Kier molecular flexibility index (Phi) is 8.43. The Morgan fingerprint density at radius 3 is 2.67 bits per heavy atom. The molecule has 0 heterocycles. The van der Waals surface area contributed by atoms with Crippen molar-refractivity contribution in [1.82, 2.24) is 0 Å². The Morgan fingerprint density at radius 1 is 1.22 bits per heavy atom. The smallest absolute Gasteiger partial charge is 0.303 e. The Morgan fingerprint density at radius 2 is 1.96 bits per heavy atom. The summed E-state index contributed by atoms with van der Waals surface area (Å²) >= 11 is 0. The fourth-order valence-electron chi connectivity index (χ4n) is 3.44. The first-order valence-corrected chi connectivity index (χ1v) is 9.45. The maximum atomic E-state index is 12.2. The van der Waals surface area contributed by atoms with Crippen molar-refractivity contribution in [3.63, 3.8) is 0 Å². The fourth-order valence-corrected chi connectivity index (χ4v) is 3.44. The lowest BCUT2D eigenvalue weighted by molar-refractivity contribution is -0.137. The van der Waals surface area contributed by atoms with Crippen molar-refractivity contribution in [3.05, 3.63) is 60.2 Å². The Hall–Kier alpha value is -2.24. The van der Waals surface area contributed by atoms with E-state index in [1.165, 1.54) is 0 Å². The lowest BCUT2D eigenvalue weighted by Crippen LogP contribution is -2.19. The number of benzene rings is 1. The van der Waals surface area contributed by atoms with E-state index in [-0.39, 0.29) is 24.5 Å². The third-order valence-electron chi connectivity index (χ3n) is 4.90. The van der Waals surface area contributed by atoms with Crippen LogP contribution in [0, 0.1) is 11.8 Å². The Bertz CT molecular complexity index is 665. The van der Waals surface area contributed by atoms with Crippen molar-refractivity contribution in [1.29, 1.82) is 0 Å². The highest BCUT2D eigenvalue weighted by Crippen LogP contribution is 2.33. The van der Waals surface area contributed by atoms with Gasteiger partial charge in [-0.15, -0.1) is 0 Å². The molecule has 146 valence electrons. The molecule has 3 N–H and O–H groups in total. The number of unbranched alkanes of at least 4 members (excludes halogenated alkanes) is 1. The molecule has 0 aromatic heterocycles.